The molecule has 0 aliphatic carbocycles. The molecule has 6 heteroatoms. The molecule has 1 aliphatic rings. The summed E-state index contributed by atoms with van der Waals surface area (Å²) in [4.78, 5) is 26.5. The van der Waals surface area contributed by atoms with E-state index in [9.17, 15) is 9.59 Å². The number of hydrogen-bond acceptors (Lipinski definition) is 3. The van der Waals surface area contributed by atoms with Crippen LogP contribution >= 0.6 is 23.4 Å². The molecule has 1 fully saturated rings. The lowest BCUT2D eigenvalue weighted by Gasteiger charge is -2.32. The highest BCUT2D eigenvalue weighted by Gasteiger charge is 2.29. The third kappa shape index (κ3) is 4.38. The second-order valence-electron chi connectivity index (χ2n) is 5.24. The average molecular weight is 327 g/mol. The molecule has 0 unspecified atom stereocenters. The number of nitrogens with zero attached hydrogens (tertiary/aromatic N) is 1. The largest absolute Gasteiger partial charge is 0.369 e. The number of carbonyl (C=O) groups is 2. The number of hydrogen-bond donors (Lipinski definition) is 1. The summed E-state index contributed by atoms with van der Waals surface area (Å²) in [7, 11) is 0. The highest BCUT2D eigenvalue weighted by molar-refractivity contribution is 8.00. The van der Waals surface area contributed by atoms with Crippen LogP contribution in [0.15, 0.2) is 29.2 Å². The fraction of sp³-hybridized carbons (Fsp3) is 0.467. The van der Waals surface area contributed by atoms with Crippen LogP contribution in [0, 0.1) is 5.92 Å². The molecule has 114 valence electrons. The Morgan fingerprint density at radius 2 is 2.24 bits per heavy atom. The monoisotopic (exact) mass is 326 g/mol. The van der Waals surface area contributed by atoms with Gasteiger partial charge in [-0.15, -0.1) is 11.8 Å². The van der Waals surface area contributed by atoms with Gasteiger partial charge in [-0.1, -0.05) is 17.7 Å². The maximum absolute atomic E-state index is 12.5. The third-order valence-corrected chi connectivity index (χ3v) is 4.91. The van der Waals surface area contributed by atoms with Gasteiger partial charge in [-0.05, 0) is 38.0 Å². The fourth-order valence-corrected chi connectivity index (χ4v) is 3.73. The maximum Gasteiger partial charge on any atom is 0.235 e. The van der Waals surface area contributed by atoms with E-state index >= 15 is 0 Å². The molecule has 1 saturated heterocycles. The molecule has 21 heavy (non-hydrogen) atoms. The quantitative estimate of drug-likeness (QED) is 0.865. The van der Waals surface area contributed by atoms with Crippen LogP contribution in [-0.2, 0) is 9.59 Å². The first-order chi connectivity index (χ1) is 9.97. The van der Waals surface area contributed by atoms with Gasteiger partial charge in [-0.2, -0.15) is 0 Å². The summed E-state index contributed by atoms with van der Waals surface area (Å²) in [6.07, 6.45) is 1.60. The van der Waals surface area contributed by atoms with E-state index in [1.165, 1.54) is 11.8 Å². The predicted octanol–water partition coefficient (Wildman–Crippen LogP) is 2.54. The van der Waals surface area contributed by atoms with Gasteiger partial charge < -0.3 is 10.6 Å². The Balaban J connectivity index is 1.97. The van der Waals surface area contributed by atoms with Gasteiger partial charge in [0, 0.05) is 23.0 Å². The van der Waals surface area contributed by atoms with Crippen LogP contribution in [0.4, 0.5) is 0 Å². The Labute approximate surface area is 134 Å². The minimum absolute atomic E-state index is 0.0472. The first-order valence-electron chi connectivity index (χ1n) is 6.97. The zero-order valence-corrected chi connectivity index (χ0v) is 13.5. The fourth-order valence-electron chi connectivity index (χ4n) is 2.46. The summed E-state index contributed by atoms with van der Waals surface area (Å²) in [5.41, 5.74) is 5.35. The van der Waals surface area contributed by atoms with E-state index in [0.29, 0.717) is 18.1 Å². The topological polar surface area (TPSA) is 63.4 Å². The molecule has 1 aromatic carbocycles. The van der Waals surface area contributed by atoms with E-state index in [1.54, 1.807) is 11.0 Å². The van der Waals surface area contributed by atoms with Crippen molar-refractivity contribution in [3.8, 4) is 0 Å². The summed E-state index contributed by atoms with van der Waals surface area (Å²) in [6, 6.07) is 7.45. The van der Waals surface area contributed by atoms with Gasteiger partial charge in [-0.3, -0.25) is 9.59 Å². The second kappa shape index (κ2) is 7.18. The summed E-state index contributed by atoms with van der Waals surface area (Å²) < 4.78 is 0. The van der Waals surface area contributed by atoms with Crippen LogP contribution in [0.2, 0.25) is 5.02 Å². The number of primary amides is 1. The van der Waals surface area contributed by atoms with Crippen LogP contribution in [0.3, 0.4) is 0 Å². The summed E-state index contributed by atoms with van der Waals surface area (Å²) in [5.74, 6) is -0.486. The number of amides is 2. The molecule has 1 heterocycles. The number of likely N-dealkylation sites (tertiary alicyclic amines) is 1. The molecule has 0 aromatic heterocycles. The lowest BCUT2D eigenvalue weighted by molar-refractivity contribution is -0.134. The summed E-state index contributed by atoms with van der Waals surface area (Å²) >= 11 is 7.43. The van der Waals surface area contributed by atoms with Crippen LogP contribution < -0.4 is 5.73 Å². The summed E-state index contributed by atoms with van der Waals surface area (Å²) in [6.45, 7) is 3.01. The minimum Gasteiger partial charge on any atom is -0.369 e. The van der Waals surface area contributed by atoms with E-state index in [1.807, 2.05) is 25.1 Å². The van der Waals surface area contributed by atoms with Crippen molar-refractivity contribution in [1.29, 1.82) is 0 Å². The van der Waals surface area contributed by atoms with Crippen molar-refractivity contribution in [2.24, 2.45) is 11.7 Å². The summed E-state index contributed by atoms with van der Waals surface area (Å²) in [5, 5.41) is 0.446. The highest BCUT2D eigenvalue weighted by atomic mass is 35.5. The predicted molar refractivity (Wildman–Crippen MR) is 85.3 cm³/mol. The van der Waals surface area contributed by atoms with Gasteiger partial charge in [0.25, 0.3) is 0 Å². The minimum atomic E-state index is -0.317. The van der Waals surface area contributed by atoms with Gasteiger partial charge in [0.05, 0.1) is 11.2 Å². The Morgan fingerprint density at radius 3 is 2.90 bits per heavy atom. The lowest BCUT2D eigenvalue weighted by atomic mass is 9.97. The number of thioether (sulfide) groups is 1. The lowest BCUT2D eigenvalue weighted by Crippen LogP contribution is -2.46. The average Bonchev–Trinajstić information content (AvgIpc) is 2.46. The first-order valence-corrected chi connectivity index (χ1v) is 8.23. The van der Waals surface area contributed by atoms with Gasteiger partial charge in [0.1, 0.15) is 0 Å². The van der Waals surface area contributed by atoms with E-state index in [-0.39, 0.29) is 23.0 Å². The number of halogens is 1. The third-order valence-electron chi connectivity index (χ3n) is 3.59. The molecular formula is C15H19ClN2O2S. The van der Waals surface area contributed by atoms with Crippen LogP contribution in [0.25, 0.3) is 0 Å². The van der Waals surface area contributed by atoms with Crippen LogP contribution in [0.5, 0.6) is 0 Å². The zero-order valence-electron chi connectivity index (χ0n) is 11.9. The van der Waals surface area contributed by atoms with E-state index < -0.39 is 0 Å². The van der Waals surface area contributed by atoms with Crippen LogP contribution in [0.1, 0.15) is 19.8 Å². The van der Waals surface area contributed by atoms with Crippen molar-refractivity contribution < 1.29 is 9.59 Å². The van der Waals surface area contributed by atoms with Gasteiger partial charge in [0.15, 0.2) is 0 Å². The van der Waals surface area contributed by atoms with Crippen LogP contribution in [-0.4, -0.2) is 35.1 Å². The molecule has 0 saturated carbocycles. The molecular weight excluding hydrogens is 308 g/mol. The Morgan fingerprint density at radius 1 is 1.48 bits per heavy atom. The van der Waals surface area contributed by atoms with Gasteiger partial charge in [0.2, 0.25) is 11.8 Å². The normalized spacial score (nSPS) is 20.1. The molecule has 0 bridgehead atoms. The van der Waals surface area contributed by atoms with E-state index in [2.05, 4.69) is 0 Å². The molecule has 1 aromatic rings. The molecule has 2 N–H and O–H groups in total. The Kier molecular flexibility index (Phi) is 5.53. The number of piperidine rings is 1. The first kappa shape index (κ1) is 16.2. The number of rotatable bonds is 4. The number of nitrogens with two attached hydrogens (primary N) is 1. The van der Waals surface area contributed by atoms with Crippen molar-refractivity contribution in [2.45, 2.75) is 29.9 Å². The molecule has 4 nitrogen and oxygen atoms in total. The van der Waals surface area contributed by atoms with Gasteiger partial charge in [-0.25, -0.2) is 0 Å². The zero-order chi connectivity index (χ0) is 15.4. The van der Waals surface area contributed by atoms with E-state index in [0.717, 1.165) is 17.7 Å². The van der Waals surface area contributed by atoms with E-state index in [4.69, 9.17) is 17.3 Å². The van der Waals surface area contributed by atoms with Crippen molar-refractivity contribution in [2.75, 3.05) is 13.1 Å². The molecule has 0 spiro atoms. The molecule has 1 aliphatic heterocycles. The maximum atomic E-state index is 12.5. The second-order valence-corrected chi connectivity index (χ2v) is 7.09. The van der Waals surface area contributed by atoms with Crippen molar-refractivity contribution in [3.05, 3.63) is 29.3 Å². The smallest absolute Gasteiger partial charge is 0.235 e. The van der Waals surface area contributed by atoms with Crippen molar-refractivity contribution >= 4 is 35.2 Å². The Bertz CT molecular complexity index is 538. The molecule has 2 amide bonds. The number of benzene rings is 1. The standard InChI is InChI=1S/C15H19ClN2O2S/c1-10(21-13-6-2-5-12(16)8-13)15(20)18-7-3-4-11(9-18)14(17)19/h2,5-6,8,10-11H,3-4,7,9H2,1H3,(H2,17,19)/t10-,11+/m1/s1. The highest BCUT2D eigenvalue weighted by Crippen LogP contribution is 2.28. The Hall–Kier alpha value is -1.20. The number of carbonyl (C=O) groups excluding carboxylic acids is 2. The molecule has 2 rings (SSSR count). The van der Waals surface area contributed by atoms with Crippen molar-refractivity contribution in [3.63, 3.8) is 0 Å². The van der Waals surface area contributed by atoms with Crippen molar-refractivity contribution in [1.82, 2.24) is 4.90 Å². The molecule has 2 atom stereocenters. The molecule has 0 radical (unpaired) electrons. The van der Waals surface area contributed by atoms with Gasteiger partial charge >= 0.3 is 0 Å². The SMILES string of the molecule is C[C@@H](Sc1cccc(Cl)c1)C(=O)N1CCC[C@H](C(N)=O)C1.